The standard InChI is InChI=1S/C17H21N3O2/c1-2-4-14-9-12(5-6-13(14)3-1)10-16-19-17(20-22-16)15-11-21-8-7-18-15/h5-6,9,15,18H,1-4,7-8,10-11H2. The van der Waals surface area contributed by atoms with Crippen molar-refractivity contribution in [1.29, 1.82) is 0 Å². The number of aryl methyl sites for hydroxylation is 2. The second-order valence-electron chi connectivity index (χ2n) is 6.11. The number of nitrogens with one attached hydrogen (secondary N) is 1. The summed E-state index contributed by atoms with van der Waals surface area (Å²) in [4.78, 5) is 4.52. The summed E-state index contributed by atoms with van der Waals surface area (Å²) in [6, 6.07) is 6.81. The van der Waals surface area contributed by atoms with Gasteiger partial charge in [-0.25, -0.2) is 0 Å². The molecule has 0 radical (unpaired) electrons. The number of aromatic nitrogens is 2. The van der Waals surface area contributed by atoms with E-state index in [1.807, 2.05) is 0 Å². The highest BCUT2D eigenvalue weighted by Gasteiger charge is 2.21. The summed E-state index contributed by atoms with van der Waals surface area (Å²) in [5.41, 5.74) is 4.25. The second kappa shape index (κ2) is 6.18. The summed E-state index contributed by atoms with van der Waals surface area (Å²) < 4.78 is 10.9. The molecule has 2 heterocycles. The van der Waals surface area contributed by atoms with Crippen LogP contribution in [0.5, 0.6) is 0 Å². The zero-order valence-corrected chi connectivity index (χ0v) is 12.7. The topological polar surface area (TPSA) is 60.2 Å². The number of morpholine rings is 1. The van der Waals surface area contributed by atoms with Crippen LogP contribution in [0.1, 0.15) is 47.3 Å². The lowest BCUT2D eigenvalue weighted by molar-refractivity contribution is 0.0734. The van der Waals surface area contributed by atoms with Crippen molar-refractivity contribution in [3.05, 3.63) is 46.6 Å². The van der Waals surface area contributed by atoms with Crippen LogP contribution >= 0.6 is 0 Å². The predicted octanol–water partition coefficient (Wildman–Crippen LogP) is 2.20. The lowest BCUT2D eigenvalue weighted by Gasteiger charge is -2.20. The lowest BCUT2D eigenvalue weighted by Crippen LogP contribution is -2.35. The minimum Gasteiger partial charge on any atom is -0.378 e. The van der Waals surface area contributed by atoms with Crippen molar-refractivity contribution in [2.75, 3.05) is 19.8 Å². The van der Waals surface area contributed by atoms with E-state index in [-0.39, 0.29) is 6.04 Å². The number of ether oxygens (including phenoxy) is 1. The van der Waals surface area contributed by atoms with E-state index in [0.29, 0.717) is 24.7 Å². The molecule has 116 valence electrons. The van der Waals surface area contributed by atoms with Gasteiger partial charge in [-0.05, 0) is 42.4 Å². The molecule has 1 aliphatic carbocycles. The molecule has 0 saturated carbocycles. The van der Waals surface area contributed by atoms with Gasteiger partial charge < -0.3 is 14.6 Å². The van der Waals surface area contributed by atoms with Crippen LogP contribution in [-0.2, 0) is 24.0 Å². The summed E-state index contributed by atoms with van der Waals surface area (Å²) in [5, 5.41) is 7.44. The van der Waals surface area contributed by atoms with Crippen molar-refractivity contribution in [3.63, 3.8) is 0 Å². The van der Waals surface area contributed by atoms with Gasteiger partial charge in [0.2, 0.25) is 5.89 Å². The van der Waals surface area contributed by atoms with Gasteiger partial charge in [-0.15, -0.1) is 0 Å². The van der Waals surface area contributed by atoms with E-state index in [1.165, 1.54) is 42.4 Å². The Balaban J connectivity index is 1.48. The van der Waals surface area contributed by atoms with Crippen molar-refractivity contribution in [2.24, 2.45) is 0 Å². The number of nitrogens with zero attached hydrogens (tertiary/aromatic N) is 2. The minimum atomic E-state index is 0.0507. The van der Waals surface area contributed by atoms with Crippen LogP contribution in [0.3, 0.4) is 0 Å². The Morgan fingerprint density at radius 2 is 2.09 bits per heavy atom. The number of hydrogen-bond donors (Lipinski definition) is 1. The van der Waals surface area contributed by atoms with Crippen LogP contribution < -0.4 is 5.32 Å². The van der Waals surface area contributed by atoms with Gasteiger partial charge >= 0.3 is 0 Å². The molecule has 1 aromatic carbocycles. The normalized spacial score (nSPS) is 21.5. The smallest absolute Gasteiger partial charge is 0.231 e. The van der Waals surface area contributed by atoms with Gasteiger partial charge in [0.05, 0.1) is 25.7 Å². The van der Waals surface area contributed by atoms with E-state index in [4.69, 9.17) is 9.26 Å². The Hall–Kier alpha value is -1.72. The number of rotatable bonds is 3. The van der Waals surface area contributed by atoms with E-state index in [1.54, 1.807) is 0 Å². The van der Waals surface area contributed by atoms with E-state index in [9.17, 15) is 0 Å². The molecule has 22 heavy (non-hydrogen) atoms. The molecule has 5 nitrogen and oxygen atoms in total. The van der Waals surface area contributed by atoms with Crippen LogP contribution in [0.4, 0.5) is 0 Å². The predicted molar refractivity (Wildman–Crippen MR) is 81.8 cm³/mol. The molecule has 2 aromatic rings. The van der Waals surface area contributed by atoms with Crippen LogP contribution in [0.15, 0.2) is 22.7 Å². The Morgan fingerprint density at radius 3 is 2.95 bits per heavy atom. The Labute approximate surface area is 130 Å². The molecule has 5 heteroatoms. The largest absolute Gasteiger partial charge is 0.378 e. The number of fused-ring (bicyclic) bond motifs is 1. The molecule has 0 spiro atoms. The Morgan fingerprint density at radius 1 is 1.18 bits per heavy atom. The molecule has 0 amide bonds. The molecule has 1 N–H and O–H groups in total. The fourth-order valence-electron chi connectivity index (χ4n) is 3.28. The van der Waals surface area contributed by atoms with Crippen molar-refractivity contribution >= 4 is 0 Å². The highest BCUT2D eigenvalue weighted by molar-refractivity contribution is 5.34. The zero-order chi connectivity index (χ0) is 14.8. The number of benzene rings is 1. The average Bonchev–Trinajstić information content (AvgIpc) is 3.04. The van der Waals surface area contributed by atoms with E-state index in [2.05, 4.69) is 33.7 Å². The maximum Gasteiger partial charge on any atom is 0.231 e. The summed E-state index contributed by atoms with van der Waals surface area (Å²) in [6.45, 7) is 2.19. The average molecular weight is 299 g/mol. The minimum absolute atomic E-state index is 0.0507. The van der Waals surface area contributed by atoms with Crippen LogP contribution in [-0.4, -0.2) is 29.9 Å². The highest BCUT2D eigenvalue weighted by atomic mass is 16.5. The quantitative estimate of drug-likeness (QED) is 0.941. The lowest BCUT2D eigenvalue weighted by atomic mass is 9.90. The van der Waals surface area contributed by atoms with Gasteiger partial charge in [0.1, 0.15) is 0 Å². The SMILES string of the molecule is c1cc2c(cc1Cc1nc(C3COCCN3)no1)CCCC2. The third kappa shape index (κ3) is 2.91. The van der Waals surface area contributed by atoms with Crippen LogP contribution in [0.25, 0.3) is 0 Å². The molecule has 4 rings (SSSR count). The molecular weight excluding hydrogens is 278 g/mol. The first-order valence-corrected chi connectivity index (χ1v) is 8.13. The van der Waals surface area contributed by atoms with Crippen LogP contribution in [0, 0.1) is 0 Å². The molecule has 1 aliphatic heterocycles. The molecule has 1 aromatic heterocycles. The first-order chi connectivity index (χ1) is 10.9. The fourth-order valence-corrected chi connectivity index (χ4v) is 3.28. The van der Waals surface area contributed by atoms with Gasteiger partial charge in [-0.1, -0.05) is 23.4 Å². The van der Waals surface area contributed by atoms with E-state index in [0.717, 1.165) is 13.2 Å². The summed E-state index contributed by atoms with van der Waals surface area (Å²) in [6.07, 6.45) is 5.73. The van der Waals surface area contributed by atoms with Crippen molar-refractivity contribution in [2.45, 2.75) is 38.1 Å². The third-order valence-corrected chi connectivity index (χ3v) is 4.49. The summed E-state index contributed by atoms with van der Waals surface area (Å²) >= 11 is 0. The molecule has 1 saturated heterocycles. The van der Waals surface area contributed by atoms with Crippen molar-refractivity contribution in [3.8, 4) is 0 Å². The Kier molecular flexibility index (Phi) is 3.91. The Bertz CT molecular complexity index is 647. The molecular formula is C17H21N3O2. The first kappa shape index (κ1) is 13.9. The van der Waals surface area contributed by atoms with Crippen molar-refractivity contribution in [1.82, 2.24) is 15.5 Å². The van der Waals surface area contributed by atoms with Gasteiger partial charge in [0.15, 0.2) is 5.82 Å². The molecule has 1 unspecified atom stereocenters. The molecule has 2 aliphatic rings. The fraction of sp³-hybridized carbons (Fsp3) is 0.529. The third-order valence-electron chi connectivity index (χ3n) is 4.49. The van der Waals surface area contributed by atoms with Gasteiger partial charge in [0, 0.05) is 6.54 Å². The maximum absolute atomic E-state index is 5.44. The van der Waals surface area contributed by atoms with Crippen LogP contribution in [0.2, 0.25) is 0 Å². The monoisotopic (exact) mass is 299 g/mol. The molecule has 1 fully saturated rings. The van der Waals surface area contributed by atoms with E-state index < -0.39 is 0 Å². The van der Waals surface area contributed by atoms with E-state index >= 15 is 0 Å². The maximum atomic E-state index is 5.44. The van der Waals surface area contributed by atoms with Gasteiger partial charge in [-0.2, -0.15) is 4.98 Å². The summed E-state index contributed by atoms with van der Waals surface area (Å²) in [7, 11) is 0. The molecule has 0 bridgehead atoms. The van der Waals surface area contributed by atoms with Gasteiger partial charge in [-0.3, -0.25) is 0 Å². The number of hydrogen-bond acceptors (Lipinski definition) is 5. The highest BCUT2D eigenvalue weighted by Crippen LogP contribution is 2.23. The molecule has 1 atom stereocenters. The van der Waals surface area contributed by atoms with Gasteiger partial charge in [0.25, 0.3) is 0 Å². The van der Waals surface area contributed by atoms with Crippen molar-refractivity contribution < 1.29 is 9.26 Å². The second-order valence-corrected chi connectivity index (χ2v) is 6.11. The zero-order valence-electron chi connectivity index (χ0n) is 12.7. The summed E-state index contributed by atoms with van der Waals surface area (Å²) in [5.74, 6) is 1.38. The first-order valence-electron chi connectivity index (χ1n) is 8.13.